The van der Waals surface area contributed by atoms with E-state index < -0.39 is 0 Å². The van der Waals surface area contributed by atoms with Gasteiger partial charge in [-0.15, -0.1) is 0 Å². The first-order valence-electron chi connectivity index (χ1n) is 5.34. The zero-order chi connectivity index (χ0) is 10.7. The number of hydrogen-bond donors (Lipinski definition) is 2. The molecule has 1 aromatic heterocycles. The summed E-state index contributed by atoms with van der Waals surface area (Å²) in [4.78, 5) is 11.7. The number of carbonyl (C=O) groups excluding carboxylic acids is 1. The van der Waals surface area contributed by atoms with Gasteiger partial charge in [0.25, 0.3) is 5.91 Å². The Labute approximate surface area is 89.0 Å². The van der Waals surface area contributed by atoms with Crippen molar-refractivity contribution in [3.8, 4) is 0 Å². The lowest BCUT2D eigenvalue weighted by atomic mass is 9.99. The van der Waals surface area contributed by atoms with E-state index in [2.05, 4.69) is 17.6 Å². The molecule has 2 atom stereocenters. The summed E-state index contributed by atoms with van der Waals surface area (Å²) >= 11 is 0. The maximum Gasteiger partial charge on any atom is 0.254 e. The number of furan rings is 1. The molecule has 1 saturated heterocycles. The van der Waals surface area contributed by atoms with Gasteiger partial charge in [0, 0.05) is 12.1 Å². The maximum atomic E-state index is 11.7. The highest BCUT2D eigenvalue weighted by Crippen LogP contribution is 2.09. The Morgan fingerprint density at radius 1 is 1.67 bits per heavy atom. The van der Waals surface area contributed by atoms with Crippen molar-refractivity contribution in [1.82, 2.24) is 10.6 Å². The molecule has 0 radical (unpaired) electrons. The number of piperidine rings is 1. The molecule has 2 unspecified atom stereocenters. The van der Waals surface area contributed by atoms with Gasteiger partial charge in [0.05, 0.1) is 11.8 Å². The van der Waals surface area contributed by atoms with Gasteiger partial charge in [-0.05, 0) is 32.4 Å². The van der Waals surface area contributed by atoms with Crippen LogP contribution in [0.1, 0.15) is 30.1 Å². The predicted octanol–water partition coefficient (Wildman–Crippen LogP) is 1.15. The molecule has 1 aliphatic rings. The fraction of sp³-hybridized carbons (Fsp3) is 0.545. The van der Waals surface area contributed by atoms with E-state index in [9.17, 15) is 4.79 Å². The Morgan fingerprint density at radius 3 is 3.20 bits per heavy atom. The summed E-state index contributed by atoms with van der Waals surface area (Å²) in [6.45, 7) is 3.14. The third kappa shape index (κ3) is 2.39. The molecular formula is C11H16N2O2. The third-order valence-corrected chi connectivity index (χ3v) is 2.86. The molecule has 0 bridgehead atoms. The van der Waals surface area contributed by atoms with Crippen molar-refractivity contribution in [1.29, 1.82) is 0 Å². The highest BCUT2D eigenvalue weighted by molar-refractivity contribution is 5.94. The van der Waals surface area contributed by atoms with E-state index in [1.165, 1.54) is 12.5 Å². The number of nitrogens with one attached hydrogen (secondary N) is 2. The first-order chi connectivity index (χ1) is 7.27. The highest BCUT2D eigenvalue weighted by atomic mass is 16.3. The van der Waals surface area contributed by atoms with E-state index in [0.29, 0.717) is 11.6 Å². The smallest absolute Gasteiger partial charge is 0.254 e. The van der Waals surface area contributed by atoms with Gasteiger partial charge in [-0.2, -0.15) is 0 Å². The highest BCUT2D eigenvalue weighted by Gasteiger charge is 2.22. The Bertz CT molecular complexity index is 321. The fourth-order valence-corrected chi connectivity index (χ4v) is 1.89. The van der Waals surface area contributed by atoms with Gasteiger partial charge in [-0.1, -0.05) is 0 Å². The van der Waals surface area contributed by atoms with Crippen LogP contribution in [0.15, 0.2) is 23.0 Å². The first kappa shape index (κ1) is 10.2. The topological polar surface area (TPSA) is 54.3 Å². The summed E-state index contributed by atoms with van der Waals surface area (Å²) in [5.41, 5.74) is 0.591. The molecule has 2 rings (SSSR count). The summed E-state index contributed by atoms with van der Waals surface area (Å²) in [6.07, 6.45) is 5.13. The van der Waals surface area contributed by atoms with Crippen LogP contribution in [0.2, 0.25) is 0 Å². The van der Waals surface area contributed by atoms with Gasteiger partial charge in [-0.3, -0.25) is 4.79 Å². The lowest BCUT2D eigenvalue weighted by Gasteiger charge is -2.30. The number of hydrogen-bond acceptors (Lipinski definition) is 3. The molecule has 1 aliphatic heterocycles. The SMILES string of the molecule is CC1NCCCC1NC(=O)c1ccoc1. The quantitative estimate of drug-likeness (QED) is 0.766. The lowest BCUT2D eigenvalue weighted by molar-refractivity contribution is 0.0919. The van der Waals surface area contributed by atoms with E-state index >= 15 is 0 Å². The average molecular weight is 208 g/mol. The normalized spacial score (nSPS) is 26.2. The van der Waals surface area contributed by atoms with Crippen LogP contribution < -0.4 is 10.6 Å². The summed E-state index contributed by atoms with van der Waals surface area (Å²) in [5, 5.41) is 6.35. The van der Waals surface area contributed by atoms with Crippen molar-refractivity contribution >= 4 is 5.91 Å². The second-order valence-electron chi connectivity index (χ2n) is 3.98. The molecule has 0 aromatic carbocycles. The van der Waals surface area contributed by atoms with Crippen LogP contribution >= 0.6 is 0 Å². The van der Waals surface area contributed by atoms with Crippen molar-refractivity contribution in [2.45, 2.75) is 31.8 Å². The molecule has 1 amide bonds. The van der Waals surface area contributed by atoms with Crippen LogP contribution in [0.5, 0.6) is 0 Å². The average Bonchev–Trinajstić information content (AvgIpc) is 2.74. The number of amides is 1. The molecule has 2 heterocycles. The molecule has 0 saturated carbocycles. The molecule has 82 valence electrons. The molecule has 4 heteroatoms. The Hall–Kier alpha value is -1.29. The molecule has 1 fully saturated rings. The summed E-state index contributed by atoms with van der Waals surface area (Å²) in [6, 6.07) is 2.24. The lowest BCUT2D eigenvalue weighted by Crippen LogP contribution is -2.51. The third-order valence-electron chi connectivity index (χ3n) is 2.86. The van der Waals surface area contributed by atoms with Crippen molar-refractivity contribution in [2.24, 2.45) is 0 Å². The van der Waals surface area contributed by atoms with Crippen LogP contribution in [0.25, 0.3) is 0 Å². The molecular weight excluding hydrogens is 192 g/mol. The number of rotatable bonds is 2. The van der Waals surface area contributed by atoms with Crippen LogP contribution in [-0.2, 0) is 0 Å². The molecule has 4 nitrogen and oxygen atoms in total. The van der Waals surface area contributed by atoms with E-state index in [1.54, 1.807) is 6.07 Å². The minimum atomic E-state index is -0.0516. The van der Waals surface area contributed by atoms with E-state index in [1.807, 2.05) is 0 Å². The minimum Gasteiger partial charge on any atom is -0.472 e. The largest absolute Gasteiger partial charge is 0.472 e. The molecule has 0 spiro atoms. The molecule has 1 aromatic rings. The van der Waals surface area contributed by atoms with Crippen molar-refractivity contribution in [3.63, 3.8) is 0 Å². The first-order valence-corrected chi connectivity index (χ1v) is 5.34. The van der Waals surface area contributed by atoms with Crippen molar-refractivity contribution in [3.05, 3.63) is 24.2 Å². The Morgan fingerprint density at radius 2 is 2.53 bits per heavy atom. The van der Waals surface area contributed by atoms with Crippen LogP contribution in [-0.4, -0.2) is 24.5 Å². The molecule has 15 heavy (non-hydrogen) atoms. The van der Waals surface area contributed by atoms with Gasteiger partial charge in [-0.25, -0.2) is 0 Å². The van der Waals surface area contributed by atoms with Crippen LogP contribution in [0, 0.1) is 0 Å². The summed E-state index contributed by atoms with van der Waals surface area (Å²) in [7, 11) is 0. The van der Waals surface area contributed by atoms with Gasteiger partial charge >= 0.3 is 0 Å². The van der Waals surface area contributed by atoms with Crippen LogP contribution in [0.4, 0.5) is 0 Å². The Balaban J connectivity index is 1.93. The summed E-state index contributed by atoms with van der Waals surface area (Å²) in [5.74, 6) is -0.0516. The second-order valence-corrected chi connectivity index (χ2v) is 3.98. The second kappa shape index (κ2) is 4.49. The minimum absolute atomic E-state index is 0.0516. The van der Waals surface area contributed by atoms with Crippen molar-refractivity contribution < 1.29 is 9.21 Å². The standard InChI is InChI=1S/C11H16N2O2/c1-8-10(3-2-5-12-8)13-11(14)9-4-6-15-7-9/h4,6-8,10,12H,2-3,5H2,1H3,(H,13,14). The molecule has 0 aliphatic carbocycles. The van der Waals surface area contributed by atoms with E-state index in [4.69, 9.17) is 4.42 Å². The Kier molecular flexibility index (Phi) is 3.06. The molecule has 2 N–H and O–H groups in total. The van der Waals surface area contributed by atoms with Gasteiger partial charge < -0.3 is 15.1 Å². The van der Waals surface area contributed by atoms with Crippen molar-refractivity contribution in [2.75, 3.05) is 6.54 Å². The maximum absolute atomic E-state index is 11.7. The van der Waals surface area contributed by atoms with E-state index in [0.717, 1.165) is 19.4 Å². The zero-order valence-electron chi connectivity index (χ0n) is 8.82. The van der Waals surface area contributed by atoms with Crippen LogP contribution in [0.3, 0.4) is 0 Å². The van der Waals surface area contributed by atoms with Gasteiger partial charge in [0.2, 0.25) is 0 Å². The van der Waals surface area contributed by atoms with Gasteiger partial charge in [0.1, 0.15) is 6.26 Å². The van der Waals surface area contributed by atoms with Gasteiger partial charge in [0.15, 0.2) is 0 Å². The zero-order valence-corrected chi connectivity index (χ0v) is 8.82. The monoisotopic (exact) mass is 208 g/mol. The fourth-order valence-electron chi connectivity index (χ4n) is 1.89. The predicted molar refractivity (Wildman–Crippen MR) is 56.7 cm³/mol. The number of carbonyl (C=O) groups is 1. The van der Waals surface area contributed by atoms with E-state index in [-0.39, 0.29) is 11.9 Å². The summed E-state index contributed by atoms with van der Waals surface area (Å²) < 4.78 is 4.88.